The van der Waals surface area contributed by atoms with Crippen LogP contribution in [0.5, 0.6) is 0 Å². The van der Waals surface area contributed by atoms with Gasteiger partial charge in [0.15, 0.2) is 0 Å². The van der Waals surface area contributed by atoms with E-state index in [1.165, 1.54) is 4.90 Å². The van der Waals surface area contributed by atoms with E-state index in [0.717, 1.165) is 6.42 Å². The molecule has 0 unspecified atom stereocenters. The molecule has 0 spiro atoms. The second kappa shape index (κ2) is 7.87. The van der Waals surface area contributed by atoms with Crippen LogP contribution in [0, 0.1) is 5.92 Å². The lowest BCUT2D eigenvalue weighted by Crippen LogP contribution is -2.46. The maximum Gasteiger partial charge on any atom is 0.401 e. The topological polar surface area (TPSA) is 35.6 Å². The van der Waals surface area contributed by atoms with Crippen LogP contribution in [-0.2, 0) is 0 Å². The van der Waals surface area contributed by atoms with E-state index in [-0.39, 0.29) is 18.6 Å². The number of hydrogen-bond donors (Lipinski definition) is 1. The molecular weight excluding hydrogens is 283 g/mol. The maximum atomic E-state index is 12.4. The van der Waals surface area contributed by atoms with Gasteiger partial charge in [0.1, 0.15) is 0 Å². The molecule has 21 heavy (non-hydrogen) atoms. The number of alkyl halides is 3. The molecule has 1 fully saturated rings. The number of urea groups is 1. The van der Waals surface area contributed by atoms with Gasteiger partial charge in [-0.05, 0) is 25.7 Å². The Hall–Kier alpha value is -0.980. The molecule has 0 radical (unpaired) electrons. The predicted octanol–water partition coefficient (Wildman–Crippen LogP) is 2.70. The van der Waals surface area contributed by atoms with Crippen molar-refractivity contribution in [3.05, 3.63) is 0 Å². The van der Waals surface area contributed by atoms with Gasteiger partial charge in [0.25, 0.3) is 0 Å². The second-order valence-corrected chi connectivity index (χ2v) is 6.21. The van der Waals surface area contributed by atoms with Crippen molar-refractivity contribution in [2.75, 3.05) is 32.7 Å². The van der Waals surface area contributed by atoms with E-state index < -0.39 is 12.7 Å². The first kappa shape index (κ1) is 18.1. The molecule has 0 saturated carbocycles. The molecular formula is C14H26F3N3O. The highest BCUT2D eigenvalue weighted by atomic mass is 19.4. The lowest BCUT2D eigenvalue weighted by atomic mass is 10.1. The van der Waals surface area contributed by atoms with Gasteiger partial charge in [0.2, 0.25) is 0 Å². The minimum absolute atomic E-state index is 0.0760. The van der Waals surface area contributed by atoms with Crippen molar-refractivity contribution in [2.24, 2.45) is 5.92 Å². The third kappa shape index (κ3) is 7.55. The summed E-state index contributed by atoms with van der Waals surface area (Å²) in [6.45, 7) is 6.73. The normalized spacial score (nSPS) is 19.5. The molecule has 0 aromatic heterocycles. The quantitative estimate of drug-likeness (QED) is 0.866. The van der Waals surface area contributed by atoms with Crippen molar-refractivity contribution < 1.29 is 18.0 Å². The van der Waals surface area contributed by atoms with Crippen molar-refractivity contribution in [3.8, 4) is 0 Å². The number of nitrogens with one attached hydrogen (secondary N) is 1. The first-order valence-corrected chi connectivity index (χ1v) is 7.52. The molecule has 1 aliphatic heterocycles. The van der Waals surface area contributed by atoms with Gasteiger partial charge in [-0.25, -0.2) is 4.79 Å². The second-order valence-electron chi connectivity index (χ2n) is 6.21. The van der Waals surface area contributed by atoms with Crippen molar-refractivity contribution >= 4 is 6.03 Å². The number of halogens is 3. The van der Waals surface area contributed by atoms with Crippen LogP contribution in [0.2, 0.25) is 0 Å². The smallest absolute Gasteiger partial charge is 0.336 e. The number of carbonyl (C=O) groups excluding carboxylic acids is 1. The Morgan fingerprint density at radius 2 is 1.81 bits per heavy atom. The van der Waals surface area contributed by atoms with E-state index in [1.54, 1.807) is 4.90 Å². The third-order valence-electron chi connectivity index (χ3n) is 3.47. The van der Waals surface area contributed by atoms with Crippen LogP contribution in [0.15, 0.2) is 0 Å². The lowest BCUT2D eigenvalue weighted by molar-refractivity contribution is -0.145. The molecule has 0 aromatic rings. The summed E-state index contributed by atoms with van der Waals surface area (Å²) < 4.78 is 37.2. The molecule has 1 aliphatic rings. The molecule has 7 heteroatoms. The monoisotopic (exact) mass is 309 g/mol. The average molecular weight is 309 g/mol. The molecule has 1 rings (SSSR count). The van der Waals surface area contributed by atoms with Crippen LogP contribution in [0.1, 0.15) is 33.6 Å². The summed E-state index contributed by atoms with van der Waals surface area (Å²) in [5, 5.41) is 2.92. The van der Waals surface area contributed by atoms with Gasteiger partial charge in [0.05, 0.1) is 6.54 Å². The highest BCUT2D eigenvalue weighted by Crippen LogP contribution is 2.17. The molecule has 124 valence electrons. The Morgan fingerprint density at radius 1 is 1.14 bits per heavy atom. The largest absolute Gasteiger partial charge is 0.401 e. The van der Waals surface area contributed by atoms with Gasteiger partial charge in [0, 0.05) is 32.2 Å². The van der Waals surface area contributed by atoms with Crippen molar-refractivity contribution in [1.29, 1.82) is 0 Å². The Labute approximate surface area is 124 Å². The van der Waals surface area contributed by atoms with Gasteiger partial charge in [-0.2, -0.15) is 13.2 Å². The molecule has 0 bridgehead atoms. The highest BCUT2D eigenvalue weighted by molar-refractivity contribution is 5.74. The first-order chi connectivity index (χ1) is 9.67. The Morgan fingerprint density at radius 3 is 2.38 bits per heavy atom. The average Bonchev–Trinajstić information content (AvgIpc) is 2.51. The molecule has 1 heterocycles. The molecule has 1 N–H and O–H groups in total. The zero-order chi connectivity index (χ0) is 16.0. The lowest BCUT2D eigenvalue weighted by Gasteiger charge is -2.25. The molecule has 4 nitrogen and oxygen atoms in total. The van der Waals surface area contributed by atoms with E-state index >= 15 is 0 Å². The predicted molar refractivity (Wildman–Crippen MR) is 76.1 cm³/mol. The Balaban J connectivity index is 2.42. The number of nitrogens with zero attached hydrogens (tertiary/aromatic N) is 2. The fraction of sp³-hybridized carbons (Fsp3) is 0.929. The molecule has 2 amide bonds. The summed E-state index contributed by atoms with van der Waals surface area (Å²) in [6, 6.07) is -0.0935. The summed E-state index contributed by atoms with van der Waals surface area (Å²) in [4.78, 5) is 15.1. The SMILES string of the molecule is CC(C)C[C@H](C)NC(=O)N1CCCN(CC(F)(F)F)CC1. The van der Waals surface area contributed by atoms with E-state index in [4.69, 9.17) is 0 Å². The Kier molecular flexibility index (Phi) is 6.77. The first-order valence-electron chi connectivity index (χ1n) is 7.52. The highest BCUT2D eigenvalue weighted by Gasteiger charge is 2.31. The van der Waals surface area contributed by atoms with Crippen LogP contribution in [0.4, 0.5) is 18.0 Å². The van der Waals surface area contributed by atoms with Crippen LogP contribution in [0.25, 0.3) is 0 Å². The van der Waals surface area contributed by atoms with Gasteiger partial charge in [-0.1, -0.05) is 13.8 Å². The summed E-state index contributed by atoms with van der Waals surface area (Å²) in [5.41, 5.74) is 0. The summed E-state index contributed by atoms with van der Waals surface area (Å²) in [6.07, 6.45) is -2.72. The fourth-order valence-corrected chi connectivity index (χ4v) is 2.65. The molecule has 0 aromatic carbocycles. The van der Waals surface area contributed by atoms with Crippen molar-refractivity contribution in [2.45, 2.75) is 45.8 Å². The van der Waals surface area contributed by atoms with Gasteiger partial charge in [-0.3, -0.25) is 4.90 Å². The van der Waals surface area contributed by atoms with Gasteiger partial charge in [-0.15, -0.1) is 0 Å². The third-order valence-corrected chi connectivity index (χ3v) is 3.47. The van der Waals surface area contributed by atoms with E-state index in [0.29, 0.717) is 32.0 Å². The van der Waals surface area contributed by atoms with E-state index in [1.807, 2.05) is 6.92 Å². The molecule has 0 aliphatic carbocycles. The summed E-state index contributed by atoms with van der Waals surface area (Å²) in [5.74, 6) is 0.492. The fourth-order valence-electron chi connectivity index (χ4n) is 2.65. The van der Waals surface area contributed by atoms with E-state index in [9.17, 15) is 18.0 Å². The number of rotatable bonds is 4. The van der Waals surface area contributed by atoms with Crippen LogP contribution >= 0.6 is 0 Å². The van der Waals surface area contributed by atoms with Crippen molar-refractivity contribution in [1.82, 2.24) is 15.1 Å². The van der Waals surface area contributed by atoms with Crippen LogP contribution in [0.3, 0.4) is 0 Å². The van der Waals surface area contributed by atoms with Gasteiger partial charge < -0.3 is 10.2 Å². The molecule has 1 atom stereocenters. The Bertz CT molecular complexity index is 334. The zero-order valence-electron chi connectivity index (χ0n) is 13.0. The standard InChI is InChI=1S/C14H26F3N3O/c1-11(2)9-12(3)18-13(21)20-6-4-5-19(7-8-20)10-14(15,16)17/h11-12H,4-10H2,1-3H3,(H,18,21)/t12-/m0/s1. The zero-order valence-corrected chi connectivity index (χ0v) is 13.0. The molecule has 1 saturated heterocycles. The van der Waals surface area contributed by atoms with Crippen LogP contribution < -0.4 is 5.32 Å². The van der Waals surface area contributed by atoms with Crippen LogP contribution in [-0.4, -0.2) is 60.8 Å². The minimum atomic E-state index is -4.18. The summed E-state index contributed by atoms with van der Waals surface area (Å²) >= 11 is 0. The number of hydrogen-bond acceptors (Lipinski definition) is 2. The summed E-state index contributed by atoms with van der Waals surface area (Å²) in [7, 11) is 0. The number of carbonyl (C=O) groups is 1. The minimum Gasteiger partial charge on any atom is -0.336 e. The number of amides is 2. The van der Waals surface area contributed by atoms with E-state index in [2.05, 4.69) is 19.2 Å². The maximum absolute atomic E-state index is 12.4. The van der Waals surface area contributed by atoms with Crippen molar-refractivity contribution in [3.63, 3.8) is 0 Å². The van der Waals surface area contributed by atoms with Gasteiger partial charge >= 0.3 is 12.2 Å².